The molecule has 0 aliphatic heterocycles. The molecule has 0 radical (unpaired) electrons. The lowest BCUT2D eigenvalue weighted by Gasteiger charge is -2.06. The van der Waals surface area contributed by atoms with E-state index in [1.165, 1.54) is 12.8 Å². The van der Waals surface area contributed by atoms with Crippen LogP contribution in [0.3, 0.4) is 0 Å². The number of terminal acetylenes is 1. The number of rotatable bonds is 5. The fourth-order valence-corrected chi connectivity index (χ4v) is 3.26. The van der Waals surface area contributed by atoms with Gasteiger partial charge in [-0.1, -0.05) is 5.92 Å². The van der Waals surface area contributed by atoms with Gasteiger partial charge in [-0.25, -0.2) is 9.97 Å². The zero-order valence-corrected chi connectivity index (χ0v) is 13.7. The average molecular weight is 336 g/mol. The Morgan fingerprint density at radius 2 is 2.29 bits per heavy atom. The molecule has 0 saturated heterocycles. The monoisotopic (exact) mass is 336 g/mol. The van der Waals surface area contributed by atoms with Crippen molar-refractivity contribution >= 4 is 23.0 Å². The van der Waals surface area contributed by atoms with Crippen molar-refractivity contribution in [3.8, 4) is 23.0 Å². The third-order valence-electron chi connectivity index (χ3n) is 3.89. The highest BCUT2D eigenvalue weighted by Crippen LogP contribution is 2.39. The highest BCUT2D eigenvalue weighted by molar-refractivity contribution is 7.15. The van der Waals surface area contributed by atoms with Crippen LogP contribution in [0.4, 0.5) is 11.6 Å². The van der Waals surface area contributed by atoms with Crippen LogP contribution in [0.1, 0.15) is 34.9 Å². The summed E-state index contributed by atoms with van der Waals surface area (Å²) in [6.07, 6.45) is 9.66. The number of nitrogens with two attached hydrogens (primary N) is 1. The highest BCUT2D eigenvalue weighted by atomic mass is 32.1. The Hall–Kier alpha value is -2.69. The minimum atomic E-state index is 0.509. The average Bonchev–Trinajstić information content (AvgIpc) is 3.17. The summed E-state index contributed by atoms with van der Waals surface area (Å²) in [6.45, 7) is 0.509. The van der Waals surface area contributed by atoms with Crippen molar-refractivity contribution in [3.05, 3.63) is 40.5 Å². The SMILES string of the molecule is C#Cc1cnc(-c2ccc(CN)s2)nc1Nc1cc(C2CC2)[nH]n1. The van der Waals surface area contributed by atoms with E-state index in [0.29, 0.717) is 35.5 Å². The molecule has 0 spiro atoms. The van der Waals surface area contributed by atoms with Gasteiger partial charge in [0.15, 0.2) is 17.5 Å². The smallest absolute Gasteiger partial charge is 0.171 e. The van der Waals surface area contributed by atoms with Crippen molar-refractivity contribution in [3.63, 3.8) is 0 Å². The fraction of sp³-hybridized carbons (Fsp3) is 0.235. The van der Waals surface area contributed by atoms with Gasteiger partial charge in [0, 0.05) is 35.3 Å². The maximum atomic E-state index is 5.67. The molecule has 0 unspecified atom stereocenters. The zero-order chi connectivity index (χ0) is 16.5. The van der Waals surface area contributed by atoms with Gasteiger partial charge in [0.25, 0.3) is 0 Å². The predicted octanol–water partition coefficient (Wildman–Crippen LogP) is 2.99. The summed E-state index contributed by atoms with van der Waals surface area (Å²) < 4.78 is 0. The molecule has 1 saturated carbocycles. The van der Waals surface area contributed by atoms with E-state index < -0.39 is 0 Å². The molecular formula is C17H16N6S. The van der Waals surface area contributed by atoms with Crippen LogP contribution in [0.15, 0.2) is 24.4 Å². The summed E-state index contributed by atoms with van der Waals surface area (Å²) in [6, 6.07) is 5.97. The van der Waals surface area contributed by atoms with Gasteiger partial charge >= 0.3 is 0 Å². The molecule has 1 aliphatic carbocycles. The first-order chi connectivity index (χ1) is 11.8. The van der Waals surface area contributed by atoms with Crippen LogP contribution < -0.4 is 11.1 Å². The molecule has 0 bridgehead atoms. The molecule has 3 aromatic heterocycles. The summed E-state index contributed by atoms with van der Waals surface area (Å²) in [5, 5.41) is 10.6. The van der Waals surface area contributed by atoms with Crippen molar-refractivity contribution in [2.24, 2.45) is 5.73 Å². The fourth-order valence-electron chi connectivity index (χ4n) is 2.43. The molecule has 3 heterocycles. The second-order valence-electron chi connectivity index (χ2n) is 5.68. The zero-order valence-electron chi connectivity index (χ0n) is 12.9. The Morgan fingerprint density at radius 3 is 3.00 bits per heavy atom. The summed E-state index contributed by atoms with van der Waals surface area (Å²) in [5.74, 6) is 5.14. The third kappa shape index (κ3) is 2.89. The van der Waals surface area contributed by atoms with Crippen LogP contribution in [-0.4, -0.2) is 20.2 Å². The lowest BCUT2D eigenvalue weighted by Crippen LogP contribution is -2.00. The number of hydrogen-bond acceptors (Lipinski definition) is 6. The second-order valence-corrected chi connectivity index (χ2v) is 6.85. The molecule has 24 heavy (non-hydrogen) atoms. The number of thiophene rings is 1. The van der Waals surface area contributed by atoms with Crippen LogP contribution in [0.25, 0.3) is 10.7 Å². The van der Waals surface area contributed by atoms with Crippen molar-refractivity contribution in [1.29, 1.82) is 0 Å². The molecule has 1 aliphatic rings. The minimum Gasteiger partial charge on any atom is -0.326 e. The summed E-state index contributed by atoms with van der Waals surface area (Å²) >= 11 is 1.58. The first-order valence-corrected chi connectivity index (χ1v) is 8.53. The van der Waals surface area contributed by atoms with E-state index >= 15 is 0 Å². The molecule has 1 fully saturated rings. The van der Waals surface area contributed by atoms with Crippen LogP contribution >= 0.6 is 11.3 Å². The molecule has 0 atom stereocenters. The van der Waals surface area contributed by atoms with Crippen molar-refractivity contribution < 1.29 is 0 Å². The summed E-state index contributed by atoms with van der Waals surface area (Å²) in [7, 11) is 0. The minimum absolute atomic E-state index is 0.509. The first kappa shape index (κ1) is 14.9. The van der Waals surface area contributed by atoms with Crippen molar-refractivity contribution in [2.75, 3.05) is 5.32 Å². The standard InChI is InChI=1S/C17H16N6S/c1-2-10-9-19-17(14-6-5-12(8-18)24-14)21-16(10)20-15-7-13(22-23-15)11-3-4-11/h1,5-7,9,11H,3-4,8,18H2,(H2,19,20,21,22,23). The number of nitrogens with one attached hydrogen (secondary N) is 2. The van der Waals surface area contributed by atoms with Gasteiger partial charge in [-0.2, -0.15) is 5.10 Å². The van der Waals surface area contributed by atoms with Gasteiger partial charge in [-0.05, 0) is 25.0 Å². The number of H-pyrrole nitrogens is 1. The topological polar surface area (TPSA) is 92.5 Å². The van der Waals surface area contributed by atoms with E-state index in [0.717, 1.165) is 15.4 Å². The van der Waals surface area contributed by atoms with Gasteiger partial charge in [0.2, 0.25) is 0 Å². The summed E-state index contributed by atoms with van der Waals surface area (Å²) in [4.78, 5) is 11.0. The van der Waals surface area contributed by atoms with Crippen LogP contribution in [0.2, 0.25) is 0 Å². The number of anilines is 2. The Bertz CT molecular complexity index is 915. The molecule has 0 aromatic carbocycles. The van der Waals surface area contributed by atoms with Gasteiger partial charge in [0.1, 0.15) is 0 Å². The largest absolute Gasteiger partial charge is 0.326 e. The third-order valence-corrected chi connectivity index (χ3v) is 4.99. The Labute approximate surface area is 143 Å². The number of aromatic nitrogens is 4. The molecule has 3 aromatic rings. The predicted molar refractivity (Wildman–Crippen MR) is 95.0 cm³/mol. The van der Waals surface area contributed by atoms with Gasteiger partial charge in [0.05, 0.1) is 10.4 Å². The van der Waals surface area contributed by atoms with Gasteiger partial charge < -0.3 is 11.1 Å². The maximum absolute atomic E-state index is 5.67. The molecule has 4 rings (SSSR count). The molecule has 4 N–H and O–H groups in total. The maximum Gasteiger partial charge on any atom is 0.171 e. The summed E-state index contributed by atoms with van der Waals surface area (Å²) in [5.41, 5.74) is 7.42. The van der Waals surface area contributed by atoms with E-state index in [9.17, 15) is 0 Å². The normalized spacial score (nSPS) is 13.7. The Balaban J connectivity index is 1.64. The number of hydrogen-bond donors (Lipinski definition) is 3. The highest BCUT2D eigenvalue weighted by Gasteiger charge is 2.25. The van der Waals surface area contributed by atoms with E-state index in [1.54, 1.807) is 17.5 Å². The molecule has 6 nitrogen and oxygen atoms in total. The molecular weight excluding hydrogens is 320 g/mol. The Morgan fingerprint density at radius 1 is 1.42 bits per heavy atom. The first-order valence-electron chi connectivity index (χ1n) is 7.72. The van der Waals surface area contributed by atoms with E-state index in [4.69, 9.17) is 12.2 Å². The van der Waals surface area contributed by atoms with Crippen LogP contribution in [-0.2, 0) is 6.54 Å². The molecule has 7 heteroatoms. The van der Waals surface area contributed by atoms with E-state index in [1.807, 2.05) is 18.2 Å². The quantitative estimate of drug-likeness (QED) is 0.623. The van der Waals surface area contributed by atoms with E-state index in [-0.39, 0.29) is 0 Å². The molecule has 120 valence electrons. The van der Waals surface area contributed by atoms with Crippen LogP contribution in [0, 0.1) is 12.3 Å². The van der Waals surface area contributed by atoms with E-state index in [2.05, 4.69) is 31.4 Å². The molecule has 0 amide bonds. The second kappa shape index (κ2) is 6.07. The lowest BCUT2D eigenvalue weighted by molar-refractivity contribution is 0.966. The lowest BCUT2D eigenvalue weighted by atomic mass is 10.3. The Kier molecular flexibility index (Phi) is 3.76. The number of nitrogens with zero attached hydrogens (tertiary/aromatic N) is 3. The van der Waals surface area contributed by atoms with Gasteiger partial charge in [-0.15, -0.1) is 17.8 Å². The van der Waals surface area contributed by atoms with Crippen molar-refractivity contribution in [2.45, 2.75) is 25.3 Å². The van der Waals surface area contributed by atoms with Crippen LogP contribution in [0.5, 0.6) is 0 Å². The number of aromatic amines is 1. The van der Waals surface area contributed by atoms with Crippen molar-refractivity contribution in [1.82, 2.24) is 20.2 Å². The van der Waals surface area contributed by atoms with Gasteiger partial charge in [-0.3, -0.25) is 5.10 Å².